The molecule has 5 aromatic rings. The summed E-state index contributed by atoms with van der Waals surface area (Å²) < 4.78 is 50.3. The van der Waals surface area contributed by atoms with Crippen LogP contribution in [0.3, 0.4) is 0 Å². The zero-order valence-electron chi connectivity index (χ0n) is 33.9. The van der Waals surface area contributed by atoms with Crippen LogP contribution in [0.25, 0.3) is 38.8 Å². The molecule has 59 heavy (non-hydrogen) atoms. The van der Waals surface area contributed by atoms with Crippen molar-refractivity contribution in [2.24, 2.45) is 15.4 Å². The summed E-state index contributed by atoms with van der Waals surface area (Å²) in [6.07, 6.45) is 14.6. The highest BCUT2D eigenvalue weighted by atomic mass is 32.2. The summed E-state index contributed by atoms with van der Waals surface area (Å²) in [5.41, 5.74) is 6.11. The molecule has 6 heterocycles. The summed E-state index contributed by atoms with van der Waals surface area (Å²) in [6, 6.07) is 22.0. The number of amidine groups is 1. The van der Waals surface area contributed by atoms with Gasteiger partial charge in [-0.1, -0.05) is 56.3 Å². The van der Waals surface area contributed by atoms with Crippen LogP contribution in [0.5, 0.6) is 0 Å². The van der Waals surface area contributed by atoms with Gasteiger partial charge in [0.05, 0.1) is 38.9 Å². The Balaban J connectivity index is 1.11. The van der Waals surface area contributed by atoms with Crippen LogP contribution in [0.4, 0.5) is 5.82 Å². The summed E-state index contributed by atoms with van der Waals surface area (Å²) in [7, 11) is -4.46. The highest BCUT2D eigenvalue weighted by Gasteiger charge is 2.44. The van der Waals surface area contributed by atoms with E-state index in [1.54, 1.807) is 0 Å². The summed E-state index contributed by atoms with van der Waals surface area (Å²) in [6.45, 7) is 11.0. The van der Waals surface area contributed by atoms with E-state index >= 15 is 0 Å². The third-order valence-electron chi connectivity index (χ3n) is 11.8. The molecule has 0 amide bonds. The van der Waals surface area contributed by atoms with Gasteiger partial charge in [0.15, 0.2) is 5.71 Å². The Morgan fingerprint density at radius 1 is 0.932 bits per heavy atom. The third-order valence-corrected chi connectivity index (χ3v) is 13.0. The lowest BCUT2D eigenvalue weighted by atomic mass is 9.80. The van der Waals surface area contributed by atoms with Crippen LogP contribution in [-0.2, 0) is 26.9 Å². The number of hydrogen-bond acceptors (Lipinski definition) is 9. The largest absolute Gasteiger partial charge is 0.748 e. The average Bonchev–Trinajstić information content (AvgIpc) is 3.94. The molecule has 1 atom stereocenters. The molecule has 0 saturated heterocycles. The molecule has 11 nitrogen and oxygen atoms in total. The number of aromatic nitrogens is 1. The predicted octanol–water partition coefficient (Wildman–Crippen LogP) is 9.63. The molecule has 0 fully saturated rings. The number of carbonyl (C=O) groups is 1. The van der Waals surface area contributed by atoms with E-state index in [9.17, 15) is 17.8 Å². The molecule has 3 aliphatic rings. The number of carboxylic acids is 1. The van der Waals surface area contributed by atoms with Gasteiger partial charge in [0, 0.05) is 51.7 Å². The number of allylic oxidation sites excluding steroid dienone is 6. The molecule has 304 valence electrons. The lowest BCUT2D eigenvalue weighted by Gasteiger charge is -2.31. The Labute approximate surface area is 344 Å². The van der Waals surface area contributed by atoms with Gasteiger partial charge < -0.3 is 23.4 Å². The minimum Gasteiger partial charge on any atom is -0.748 e. The summed E-state index contributed by atoms with van der Waals surface area (Å²) in [5, 5.41) is 10.1. The van der Waals surface area contributed by atoms with Gasteiger partial charge in [0.2, 0.25) is 0 Å². The van der Waals surface area contributed by atoms with Crippen molar-refractivity contribution in [3.63, 3.8) is 0 Å². The summed E-state index contributed by atoms with van der Waals surface area (Å²) in [4.78, 5) is 23.4. The van der Waals surface area contributed by atoms with Crippen LogP contribution in [0.1, 0.15) is 78.0 Å². The van der Waals surface area contributed by atoms with E-state index in [0.29, 0.717) is 24.6 Å². The maximum atomic E-state index is 11.8. The molecule has 0 aliphatic carbocycles. The smallest absolute Gasteiger partial charge is 0.327 e. The second-order valence-corrected chi connectivity index (χ2v) is 18.5. The van der Waals surface area contributed by atoms with Crippen molar-refractivity contribution in [3.05, 3.63) is 126 Å². The van der Waals surface area contributed by atoms with Gasteiger partial charge in [-0.25, -0.2) is 18.0 Å². The molecule has 0 saturated carbocycles. The summed E-state index contributed by atoms with van der Waals surface area (Å²) in [5.74, 6) is 2.25. The van der Waals surface area contributed by atoms with Gasteiger partial charge in [-0.2, -0.15) is 0 Å². The number of hydrogen-bond donors (Lipinski definition) is 1. The Kier molecular flexibility index (Phi) is 10.4. The molecular formula is C47H48N4O7S. The van der Waals surface area contributed by atoms with Crippen LogP contribution in [-0.4, -0.2) is 52.3 Å². The molecule has 1 unspecified atom stereocenters. The first-order valence-electron chi connectivity index (χ1n) is 20.1. The fourth-order valence-electron chi connectivity index (χ4n) is 8.02. The van der Waals surface area contributed by atoms with Crippen LogP contribution < -0.4 is 4.57 Å². The van der Waals surface area contributed by atoms with E-state index in [1.165, 1.54) is 6.92 Å². The number of aliphatic imine (C=N–C) groups is 2. The second kappa shape index (κ2) is 15.4. The van der Waals surface area contributed by atoms with Crippen LogP contribution >= 0.6 is 0 Å². The molecule has 3 aliphatic heterocycles. The van der Waals surface area contributed by atoms with Crippen LogP contribution in [0.15, 0.2) is 134 Å². The molecule has 1 N–H and O–H groups in total. The predicted molar refractivity (Wildman–Crippen MR) is 229 cm³/mol. The first kappa shape index (κ1) is 40.0. The number of nitrogens with zero attached hydrogens (tertiary/aromatic N) is 4. The van der Waals surface area contributed by atoms with Crippen molar-refractivity contribution in [1.82, 2.24) is 4.90 Å². The van der Waals surface area contributed by atoms with Crippen molar-refractivity contribution >= 4 is 61.0 Å². The molecule has 2 aromatic carbocycles. The number of fused-ring (bicyclic) bond motifs is 4. The van der Waals surface area contributed by atoms with Crippen molar-refractivity contribution in [1.29, 1.82) is 0 Å². The van der Waals surface area contributed by atoms with E-state index < -0.39 is 32.2 Å². The zero-order valence-corrected chi connectivity index (χ0v) is 34.8. The van der Waals surface area contributed by atoms with E-state index in [-0.39, 0.29) is 19.4 Å². The Morgan fingerprint density at radius 2 is 1.61 bits per heavy atom. The number of rotatable bonds is 14. The zero-order chi connectivity index (χ0) is 41.7. The minimum absolute atomic E-state index is 0.136. The maximum absolute atomic E-state index is 11.8. The quantitative estimate of drug-likeness (QED) is 0.0661. The highest BCUT2D eigenvalue weighted by molar-refractivity contribution is 7.86. The Bertz CT molecular complexity index is 2730. The Hall–Kier alpha value is -5.85. The Morgan fingerprint density at radius 3 is 2.29 bits per heavy atom. The molecule has 3 aromatic heterocycles. The van der Waals surface area contributed by atoms with Crippen LogP contribution in [0.2, 0.25) is 0 Å². The van der Waals surface area contributed by atoms with Gasteiger partial charge in [-0.15, -0.1) is 0 Å². The number of pyridine rings is 1. The van der Waals surface area contributed by atoms with Gasteiger partial charge in [-0.05, 0) is 100 Å². The fourth-order valence-corrected chi connectivity index (χ4v) is 8.41. The monoisotopic (exact) mass is 812 g/mol. The third kappa shape index (κ3) is 7.86. The highest BCUT2D eigenvalue weighted by Crippen LogP contribution is 2.47. The lowest BCUT2D eigenvalue weighted by molar-refractivity contribution is -0.684. The van der Waals surface area contributed by atoms with Gasteiger partial charge in [-0.3, -0.25) is 4.79 Å². The number of aliphatic carboxylic acids is 1. The SMILES string of the molecule is CC(CCN1C=C(c2cc3ccccc3o2)C=C2C1=N/C(=C\C=C\C1=Nc3c(cc(-c4cc5ccccc5o4)c[n+]3CCCCCC(=O)O)C1(C)C)C2(C)C)S(=O)(=O)[O-]. The molecule has 0 radical (unpaired) electrons. The minimum atomic E-state index is -4.46. The topological polar surface area (TPSA) is 153 Å². The molecule has 0 bridgehead atoms. The summed E-state index contributed by atoms with van der Waals surface area (Å²) >= 11 is 0. The standard InChI is InChI=1S/C47H48N4O7S/c1-30(59(54,55)56)21-23-51-29-34(40-27-32-15-9-11-17-38(32)58-40)25-36-45(51)49-42(47(36,4)5)19-13-18-41-46(2,3)35-24-33(39-26-31-14-8-10-16-37(31)57-39)28-50(44(35)48-41)22-12-6-7-20-43(52)53/h8-11,13-19,24-30H,6-7,12,20-23H2,1-5H3,(H-,52,53,54,55,56). The lowest BCUT2D eigenvalue weighted by Crippen LogP contribution is -2.35. The van der Waals surface area contributed by atoms with E-state index in [1.807, 2.05) is 83.9 Å². The van der Waals surface area contributed by atoms with E-state index in [4.69, 9.17) is 23.9 Å². The number of para-hydroxylation sites is 2. The number of furan rings is 2. The normalized spacial score (nSPS) is 18.3. The van der Waals surface area contributed by atoms with Gasteiger partial charge in [0.25, 0.3) is 0 Å². The van der Waals surface area contributed by atoms with Crippen molar-refractivity contribution in [2.45, 2.75) is 83.9 Å². The molecule has 12 heteroatoms. The second-order valence-electron chi connectivity index (χ2n) is 16.7. The van der Waals surface area contributed by atoms with Crippen molar-refractivity contribution in [3.8, 4) is 11.3 Å². The first-order valence-corrected chi connectivity index (χ1v) is 21.6. The van der Waals surface area contributed by atoms with E-state index in [0.717, 1.165) is 80.0 Å². The maximum Gasteiger partial charge on any atom is 0.327 e. The van der Waals surface area contributed by atoms with Crippen LogP contribution in [0, 0.1) is 5.41 Å². The number of aryl methyl sites for hydroxylation is 1. The van der Waals surface area contributed by atoms with Gasteiger partial charge >= 0.3 is 11.8 Å². The van der Waals surface area contributed by atoms with Crippen molar-refractivity contribution in [2.75, 3.05) is 6.54 Å². The van der Waals surface area contributed by atoms with Crippen molar-refractivity contribution < 1.29 is 36.3 Å². The number of unbranched alkanes of at least 4 members (excludes halogenated alkanes) is 2. The first-order chi connectivity index (χ1) is 28.1. The fraction of sp³-hybridized carbons (Fsp3) is 0.319. The van der Waals surface area contributed by atoms with Gasteiger partial charge in [0.1, 0.15) is 34.7 Å². The number of benzene rings is 2. The molecule has 0 spiro atoms. The molecule has 8 rings (SSSR count). The van der Waals surface area contributed by atoms with E-state index in [2.05, 4.69) is 56.7 Å². The molecular weight excluding hydrogens is 765 g/mol. The average molecular weight is 813 g/mol. The number of carboxylic acid groups (broad SMARTS) is 1.